The van der Waals surface area contributed by atoms with Crippen LogP contribution in [0, 0.1) is 50.2 Å². The van der Waals surface area contributed by atoms with E-state index < -0.39 is 14.3 Å². The molecule has 4 saturated carbocycles. The molecule has 0 amide bonds. The van der Waals surface area contributed by atoms with Gasteiger partial charge >= 0.3 is 5.97 Å². The van der Waals surface area contributed by atoms with Crippen LogP contribution in [0.1, 0.15) is 140 Å². The maximum absolute atomic E-state index is 11.8. The van der Waals surface area contributed by atoms with Gasteiger partial charge in [-0.15, -0.1) is 0 Å². The lowest BCUT2D eigenvalue weighted by molar-refractivity contribution is -0.200. The second kappa shape index (κ2) is 9.45. The van der Waals surface area contributed by atoms with Crippen LogP contribution >= 0.6 is 0 Å². The minimum Gasteiger partial charge on any atom is -0.481 e. The summed E-state index contributed by atoms with van der Waals surface area (Å²) in [7, 11) is -1.84. The monoisotopic (exact) mass is 584 g/mol. The third-order valence-electron chi connectivity index (χ3n) is 15.7. The van der Waals surface area contributed by atoms with Gasteiger partial charge in [-0.25, -0.2) is 0 Å². The first-order chi connectivity index (χ1) is 18.5. The van der Waals surface area contributed by atoms with Crippen molar-refractivity contribution in [3.8, 4) is 0 Å². The Kier molecular flexibility index (Phi) is 7.33. The van der Waals surface area contributed by atoms with Crippen molar-refractivity contribution in [3.05, 3.63) is 11.6 Å². The molecule has 234 valence electrons. The Morgan fingerprint density at radius 1 is 0.927 bits per heavy atom. The molecule has 2 unspecified atom stereocenters. The first-order valence-corrected chi connectivity index (χ1v) is 20.1. The van der Waals surface area contributed by atoms with E-state index in [-0.39, 0.29) is 21.3 Å². The summed E-state index contributed by atoms with van der Waals surface area (Å²) in [5.74, 6) is 1.31. The van der Waals surface area contributed by atoms with E-state index in [9.17, 15) is 9.90 Å². The van der Waals surface area contributed by atoms with Crippen LogP contribution in [0.2, 0.25) is 18.1 Å². The maximum atomic E-state index is 11.8. The average Bonchev–Trinajstić information content (AvgIpc) is 2.81. The Labute approximate surface area is 254 Å². The van der Waals surface area contributed by atoms with E-state index in [1.54, 1.807) is 5.57 Å². The quantitative estimate of drug-likeness (QED) is 0.264. The van der Waals surface area contributed by atoms with Crippen LogP contribution in [0.25, 0.3) is 0 Å². The van der Waals surface area contributed by atoms with E-state index in [4.69, 9.17) is 4.43 Å². The summed E-state index contributed by atoms with van der Waals surface area (Å²) in [5, 5.41) is 9.99. The zero-order valence-corrected chi connectivity index (χ0v) is 29.9. The SMILES string of the molecule is CC1(C)C(O[Si](C)(C)C(C)(C)C)CC[C@]2(C)C3CC=C4[C@@H]5C[C@@](C)(CC(=O)O)CC[C@]5(C)CC[C@@]4(C)[C@]3(C)CC[C@@H]12. The zero-order valence-electron chi connectivity index (χ0n) is 28.9. The summed E-state index contributed by atoms with van der Waals surface area (Å²) in [6.07, 6.45) is 15.6. The molecule has 0 aliphatic heterocycles. The van der Waals surface area contributed by atoms with Gasteiger partial charge in [0.25, 0.3) is 0 Å². The fourth-order valence-electron chi connectivity index (χ4n) is 11.7. The van der Waals surface area contributed by atoms with Gasteiger partial charge in [0.2, 0.25) is 0 Å². The molecule has 0 saturated heterocycles. The molecule has 4 fully saturated rings. The Hall–Kier alpha value is -0.613. The zero-order chi connectivity index (χ0) is 30.7. The Balaban J connectivity index is 1.47. The number of hydrogen-bond acceptors (Lipinski definition) is 2. The molecule has 0 radical (unpaired) electrons. The van der Waals surface area contributed by atoms with Gasteiger partial charge in [-0.1, -0.05) is 80.9 Å². The van der Waals surface area contributed by atoms with E-state index in [2.05, 4.69) is 88.4 Å². The van der Waals surface area contributed by atoms with E-state index in [0.717, 1.165) is 12.8 Å². The highest BCUT2D eigenvalue weighted by molar-refractivity contribution is 6.74. The van der Waals surface area contributed by atoms with Gasteiger partial charge in [-0.05, 0) is 133 Å². The molecule has 0 aromatic rings. The largest absolute Gasteiger partial charge is 0.481 e. The number of carbonyl (C=O) groups is 1. The van der Waals surface area contributed by atoms with E-state index in [0.29, 0.717) is 46.5 Å². The third kappa shape index (κ3) is 4.60. The van der Waals surface area contributed by atoms with Crippen LogP contribution in [0.3, 0.4) is 0 Å². The molecule has 0 aromatic carbocycles. The van der Waals surface area contributed by atoms with Crippen molar-refractivity contribution in [2.24, 2.45) is 50.2 Å². The summed E-state index contributed by atoms with van der Waals surface area (Å²) < 4.78 is 7.22. The number of rotatable bonds is 4. The lowest BCUT2D eigenvalue weighted by Crippen LogP contribution is -2.65. The molecular formula is C37H64O3Si. The van der Waals surface area contributed by atoms with Gasteiger partial charge in [0.05, 0.1) is 12.5 Å². The predicted octanol–water partition coefficient (Wildman–Crippen LogP) is 10.7. The van der Waals surface area contributed by atoms with Gasteiger partial charge in [0.15, 0.2) is 8.32 Å². The smallest absolute Gasteiger partial charge is 0.303 e. The van der Waals surface area contributed by atoms with Crippen LogP contribution in [0.15, 0.2) is 11.6 Å². The van der Waals surface area contributed by atoms with Crippen molar-refractivity contribution in [2.45, 2.75) is 164 Å². The number of carboxylic acids is 1. The van der Waals surface area contributed by atoms with Gasteiger partial charge in [-0.3, -0.25) is 4.79 Å². The molecule has 9 atom stereocenters. The highest BCUT2D eigenvalue weighted by Gasteiger charge is 2.68. The Bertz CT molecular complexity index is 1100. The predicted molar refractivity (Wildman–Crippen MR) is 173 cm³/mol. The lowest BCUT2D eigenvalue weighted by Gasteiger charge is -2.71. The number of hydrogen-bond donors (Lipinski definition) is 1. The number of allylic oxidation sites excluding steroid dienone is 2. The average molecular weight is 585 g/mol. The van der Waals surface area contributed by atoms with Crippen molar-refractivity contribution in [1.82, 2.24) is 0 Å². The highest BCUT2D eigenvalue weighted by atomic mass is 28.4. The minimum absolute atomic E-state index is 0.0803. The van der Waals surface area contributed by atoms with Crippen molar-refractivity contribution >= 4 is 14.3 Å². The number of carboxylic acid groups (broad SMARTS) is 1. The van der Waals surface area contributed by atoms with Crippen molar-refractivity contribution in [3.63, 3.8) is 0 Å². The summed E-state index contributed by atoms with van der Waals surface area (Å²) in [5.41, 5.74) is 3.01. The van der Waals surface area contributed by atoms with Crippen LogP contribution < -0.4 is 0 Å². The van der Waals surface area contributed by atoms with E-state index in [1.807, 2.05) is 0 Å². The molecule has 41 heavy (non-hydrogen) atoms. The van der Waals surface area contributed by atoms with Crippen LogP contribution in [0.5, 0.6) is 0 Å². The first kappa shape index (κ1) is 31.8. The van der Waals surface area contributed by atoms with Crippen LogP contribution in [-0.4, -0.2) is 25.5 Å². The topological polar surface area (TPSA) is 46.5 Å². The Morgan fingerprint density at radius 3 is 2.17 bits per heavy atom. The van der Waals surface area contributed by atoms with E-state index >= 15 is 0 Å². The normalized spacial score (nSPS) is 47.8. The van der Waals surface area contributed by atoms with Crippen LogP contribution in [-0.2, 0) is 9.22 Å². The molecule has 0 bridgehead atoms. The standard InChI is InChI=1S/C37H64O3Si/c1-31(2,3)41(11,12)40-29-16-17-35(8)27(32(29,4)5)15-18-37(10)28(35)14-13-25-26-23-33(6,24-30(38)39)19-20-34(26,7)21-22-36(25,37)9/h13,26-29H,14-24H2,1-12H3,(H,38,39)/t26-,27-,28?,29?,33-,34+,35-,36+,37+/m0/s1. The molecule has 5 rings (SSSR count). The Morgan fingerprint density at radius 2 is 1.56 bits per heavy atom. The molecule has 3 nitrogen and oxygen atoms in total. The molecule has 1 N–H and O–H groups in total. The fraction of sp³-hybridized carbons (Fsp3) is 0.919. The van der Waals surface area contributed by atoms with E-state index in [1.165, 1.54) is 51.4 Å². The highest BCUT2D eigenvalue weighted by Crippen LogP contribution is 2.76. The fourth-order valence-corrected chi connectivity index (χ4v) is 13.2. The second-order valence-electron chi connectivity index (χ2n) is 19.3. The maximum Gasteiger partial charge on any atom is 0.303 e. The molecular weight excluding hydrogens is 520 g/mol. The number of aliphatic carboxylic acids is 1. The number of fused-ring (bicyclic) bond motifs is 7. The van der Waals surface area contributed by atoms with Crippen molar-refractivity contribution in [1.29, 1.82) is 0 Å². The third-order valence-corrected chi connectivity index (χ3v) is 20.2. The van der Waals surface area contributed by atoms with Gasteiger partial charge < -0.3 is 9.53 Å². The molecule has 0 heterocycles. The molecule has 0 spiro atoms. The second-order valence-corrected chi connectivity index (χ2v) is 24.1. The summed E-state index contributed by atoms with van der Waals surface area (Å²) >= 11 is 0. The first-order valence-electron chi connectivity index (χ1n) is 17.2. The summed E-state index contributed by atoms with van der Waals surface area (Å²) in [4.78, 5) is 11.8. The van der Waals surface area contributed by atoms with Gasteiger partial charge in [-0.2, -0.15) is 0 Å². The van der Waals surface area contributed by atoms with Crippen LogP contribution in [0.4, 0.5) is 0 Å². The molecule has 5 aliphatic carbocycles. The minimum atomic E-state index is -1.84. The lowest BCUT2D eigenvalue weighted by atomic mass is 9.33. The molecule has 0 aromatic heterocycles. The van der Waals surface area contributed by atoms with Crippen molar-refractivity contribution < 1.29 is 14.3 Å². The van der Waals surface area contributed by atoms with Gasteiger partial charge in [0.1, 0.15) is 0 Å². The summed E-state index contributed by atoms with van der Waals surface area (Å²) in [6.45, 7) is 29.9. The summed E-state index contributed by atoms with van der Waals surface area (Å²) in [6, 6.07) is 0. The molecule has 5 aliphatic rings. The van der Waals surface area contributed by atoms with Crippen molar-refractivity contribution in [2.75, 3.05) is 0 Å². The van der Waals surface area contributed by atoms with Gasteiger partial charge in [0, 0.05) is 0 Å². The molecule has 4 heteroatoms.